The number of rotatable bonds is 3. The van der Waals surface area contributed by atoms with Crippen LogP contribution in [0.25, 0.3) is 11.0 Å². The molecule has 0 aliphatic carbocycles. The van der Waals surface area contributed by atoms with Crippen LogP contribution in [0.2, 0.25) is 0 Å². The Morgan fingerprint density at radius 2 is 2.04 bits per heavy atom. The number of halogens is 3. The molecule has 0 saturated heterocycles. The lowest BCUT2D eigenvalue weighted by Gasteiger charge is -2.07. The van der Waals surface area contributed by atoms with E-state index in [0.29, 0.717) is 0 Å². The summed E-state index contributed by atoms with van der Waals surface area (Å²) in [5.74, 6) is -0.484. The Kier molecular flexibility index (Phi) is 4.04. The van der Waals surface area contributed by atoms with E-state index in [1.54, 1.807) is 6.08 Å². The maximum absolute atomic E-state index is 12.7. The molecule has 0 unspecified atom stereocenters. The summed E-state index contributed by atoms with van der Waals surface area (Å²) in [6.07, 6.45) is 0.305. The van der Waals surface area contributed by atoms with Crippen LogP contribution in [0.1, 0.15) is 32.2 Å². The van der Waals surface area contributed by atoms with Crippen LogP contribution in [-0.2, 0) is 6.18 Å². The number of benzene rings is 1. The van der Waals surface area contributed by atoms with Gasteiger partial charge < -0.3 is 0 Å². The molecule has 3 nitrogen and oxygen atoms in total. The van der Waals surface area contributed by atoms with Gasteiger partial charge in [0.2, 0.25) is 0 Å². The number of hydrogen-bond acceptors (Lipinski definition) is 3. The summed E-state index contributed by atoms with van der Waals surface area (Å²) in [6.45, 7) is 3.78. The Labute approximate surface area is 140 Å². The Bertz CT molecular complexity index is 951. The molecule has 0 saturated carbocycles. The Balaban J connectivity index is 1.91. The molecular formula is C17H13F3N2OS. The lowest BCUT2D eigenvalue weighted by molar-refractivity contribution is -0.137. The fourth-order valence-corrected chi connectivity index (χ4v) is 3.26. The van der Waals surface area contributed by atoms with Gasteiger partial charge in [0, 0.05) is 16.6 Å². The molecule has 0 aliphatic rings. The molecular weight excluding hydrogens is 337 g/mol. The minimum atomic E-state index is -4.47. The summed E-state index contributed by atoms with van der Waals surface area (Å²) >= 11 is 1.53. The third-order valence-corrected chi connectivity index (χ3v) is 4.43. The molecule has 0 aliphatic heterocycles. The van der Waals surface area contributed by atoms with E-state index in [1.165, 1.54) is 29.5 Å². The van der Waals surface area contributed by atoms with Gasteiger partial charge in [-0.3, -0.25) is 9.20 Å². The van der Waals surface area contributed by atoms with Gasteiger partial charge in [-0.1, -0.05) is 12.1 Å². The first kappa shape index (κ1) is 16.4. The zero-order chi connectivity index (χ0) is 17.5. The van der Waals surface area contributed by atoms with Crippen molar-refractivity contribution in [2.45, 2.75) is 20.0 Å². The molecule has 0 amide bonds. The molecule has 0 atom stereocenters. The van der Waals surface area contributed by atoms with Gasteiger partial charge in [0.15, 0.2) is 10.7 Å². The van der Waals surface area contributed by atoms with Gasteiger partial charge in [0.05, 0.1) is 17.0 Å². The quantitative estimate of drug-likeness (QED) is 0.496. The fraction of sp³-hybridized carbons (Fsp3) is 0.176. The zero-order valence-corrected chi connectivity index (χ0v) is 13.7. The van der Waals surface area contributed by atoms with Crippen molar-refractivity contribution in [3.63, 3.8) is 0 Å². The lowest BCUT2D eigenvalue weighted by atomic mass is 10.1. The number of aryl methyl sites for hydroxylation is 2. The summed E-state index contributed by atoms with van der Waals surface area (Å²) in [4.78, 5) is 18.5. The molecule has 0 fully saturated rings. The van der Waals surface area contributed by atoms with E-state index in [0.717, 1.165) is 33.4 Å². The second-order valence-corrected chi connectivity index (χ2v) is 6.57. The molecule has 0 radical (unpaired) electrons. The average molecular weight is 350 g/mol. The van der Waals surface area contributed by atoms with Crippen molar-refractivity contribution in [2.75, 3.05) is 0 Å². The minimum Gasteiger partial charge on any atom is -0.290 e. The molecule has 7 heteroatoms. The topological polar surface area (TPSA) is 34.4 Å². The zero-order valence-electron chi connectivity index (χ0n) is 12.9. The highest BCUT2D eigenvalue weighted by molar-refractivity contribution is 7.17. The first-order valence-electron chi connectivity index (χ1n) is 7.10. The number of hydrogen-bond donors (Lipinski definition) is 0. The average Bonchev–Trinajstić information content (AvgIpc) is 2.99. The van der Waals surface area contributed by atoms with Crippen LogP contribution in [-0.4, -0.2) is 15.2 Å². The molecule has 0 N–H and O–H groups in total. The van der Waals surface area contributed by atoms with Crippen LogP contribution in [0, 0.1) is 13.8 Å². The van der Waals surface area contributed by atoms with Crippen LogP contribution in [0.4, 0.5) is 13.2 Å². The third-order valence-electron chi connectivity index (χ3n) is 3.53. The number of alkyl halides is 3. The van der Waals surface area contributed by atoms with E-state index in [4.69, 9.17) is 0 Å². The molecule has 24 heavy (non-hydrogen) atoms. The molecule has 3 rings (SSSR count). The Morgan fingerprint density at radius 3 is 2.75 bits per heavy atom. The lowest BCUT2D eigenvalue weighted by Crippen LogP contribution is -2.06. The molecule has 0 spiro atoms. The molecule has 1 aromatic carbocycles. The van der Waals surface area contributed by atoms with E-state index < -0.39 is 17.5 Å². The number of carbonyl (C=O) groups is 1. The number of aromatic nitrogens is 2. The van der Waals surface area contributed by atoms with Gasteiger partial charge in [0.1, 0.15) is 0 Å². The number of ketones is 1. The van der Waals surface area contributed by atoms with Crippen LogP contribution in [0.3, 0.4) is 0 Å². The van der Waals surface area contributed by atoms with Gasteiger partial charge in [-0.05, 0) is 38.1 Å². The van der Waals surface area contributed by atoms with Crippen LogP contribution >= 0.6 is 11.3 Å². The molecule has 124 valence electrons. The van der Waals surface area contributed by atoms with Crippen molar-refractivity contribution in [2.24, 2.45) is 0 Å². The van der Waals surface area contributed by atoms with E-state index in [1.807, 2.05) is 24.4 Å². The van der Waals surface area contributed by atoms with Gasteiger partial charge in [-0.25, -0.2) is 4.98 Å². The van der Waals surface area contributed by atoms with Gasteiger partial charge >= 0.3 is 6.18 Å². The number of imidazole rings is 1. The van der Waals surface area contributed by atoms with E-state index in [-0.39, 0.29) is 5.56 Å². The van der Waals surface area contributed by atoms with Crippen LogP contribution in [0.5, 0.6) is 0 Å². The molecule has 3 aromatic rings. The van der Waals surface area contributed by atoms with Crippen molar-refractivity contribution in [1.29, 1.82) is 0 Å². The van der Waals surface area contributed by atoms with Crippen LogP contribution < -0.4 is 0 Å². The largest absolute Gasteiger partial charge is 0.416 e. The van der Waals surface area contributed by atoms with Crippen molar-refractivity contribution >= 4 is 28.2 Å². The van der Waals surface area contributed by atoms with Crippen molar-refractivity contribution < 1.29 is 18.0 Å². The smallest absolute Gasteiger partial charge is 0.290 e. The van der Waals surface area contributed by atoms with Crippen LogP contribution in [0.15, 0.2) is 36.5 Å². The van der Waals surface area contributed by atoms with E-state index >= 15 is 0 Å². The van der Waals surface area contributed by atoms with Crippen molar-refractivity contribution in [1.82, 2.24) is 9.38 Å². The number of allylic oxidation sites excluding steroid dienone is 1. The maximum atomic E-state index is 12.7. The highest BCUT2D eigenvalue weighted by atomic mass is 32.1. The first-order valence-corrected chi connectivity index (χ1v) is 7.92. The monoisotopic (exact) mass is 350 g/mol. The molecule has 2 aromatic heterocycles. The second-order valence-electron chi connectivity index (χ2n) is 5.35. The number of fused-ring (bicyclic) bond motifs is 1. The van der Waals surface area contributed by atoms with E-state index in [2.05, 4.69) is 4.98 Å². The maximum Gasteiger partial charge on any atom is 0.416 e. The Hall–Kier alpha value is -2.41. The second kappa shape index (κ2) is 5.90. The Morgan fingerprint density at radius 1 is 1.29 bits per heavy atom. The summed E-state index contributed by atoms with van der Waals surface area (Å²) in [6, 6.07) is 4.41. The molecule has 2 heterocycles. The van der Waals surface area contributed by atoms with E-state index in [9.17, 15) is 18.0 Å². The number of carbonyl (C=O) groups excluding carboxylic acids is 1. The third kappa shape index (κ3) is 3.12. The van der Waals surface area contributed by atoms with Crippen molar-refractivity contribution in [3.05, 3.63) is 63.9 Å². The highest BCUT2D eigenvalue weighted by Crippen LogP contribution is 2.29. The minimum absolute atomic E-state index is 0.000913. The highest BCUT2D eigenvalue weighted by Gasteiger charge is 2.30. The van der Waals surface area contributed by atoms with Gasteiger partial charge in [-0.2, -0.15) is 13.2 Å². The standard InChI is InChI=1S/C17H13F3N2OS/c1-10-9-22-14(11(2)21-16(22)24-10)6-7-15(23)12-4-3-5-13(8-12)17(18,19)20/h3-9H,1-2H3/b7-6+. The molecule has 0 bridgehead atoms. The van der Waals surface area contributed by atoms with Crippen molar-refractivity contribution in [3.8, 4) is 0 Å². The predicted molar refractivity (Wildman–Crippen MR) is 87.4 cm³/mol. The summed E-state index contributed by atoms with van der Waals surface area (Å²) < 4.78 is 40.1. The normalized spacial score (nSPS) is 12.4. The predicted octanol–water partition coefficient (Wildman–Crippen LogP) is 4.93. The summed E-state index contributed by atoms with van der Waals surface area (Å²) in [7, 11) is 0. The summed E-state index contributed by atoms with van der Waals surface area (Å²) in [5, 5.41) is 0. The fourth-order valence-electron chi connectivity index (χ4n) is 2.38. The van der Waals surface area contributed by atoms with Gasteiger partial charge in [-0.15, -0.1) is 11.3 Å². The SMILES string of the molecule is Cc1cn2c(/C=C/C(=O)c3cccc(C(F)(F)F)c3)c(C)nc2s1. The summed E-state index contributed by atoms with van der Waals surface area (Å²) in [5.41, 5.74) is 0.670. The van der Waals surface area contributed by atoms with Gasteiger partial charge in [0.25, 0.3) is 0 Å². The number of nitrogens with zero attached hydrogens (tertiary/aromatic N) is 2. The number of thiazole rings is 1. The first-order chi connectivity index (χ1) is 11.3.